The second-order valence-electron chi connectivity index (χ2n) is 5.82. The lowest BCUT2D eigenvalue weighted by atomic mass is 10.1. The van der Waals surface area contributed by atoms with Gasteiger partial charge >= 0.3 is 0 Å². The second-order valence-corrected chi connectivity index (χ2v) is 5.82. The Bertz CT molecular complexity index is 884. The van der Waals surface area contributed by atoms with Gasteiger partial charge in [0.05, 0.1) is 6.42 Å². The molecule has 24 heavy (non-hydrogen) atoms. The number of benzene rings is 2. The molecule has 1 aromatic heterocycles. The lowest BCUT2D eigenvalue weighted by Crippen LogP contribution is -2.13. The van der Waals surface area contributed by atoms with Crippen molar-refractivity contribution in [3.05, 3.63) is 76.4 Å². The topological polar surface area (TPSA) is 68.0 Å². The van der Waals surface area contributed by atoms with Gasteiger partial charge in [-0.05, 0) is 55.7 Å². The molecular weight excluding hydrogens is 302 g/mol. The van der Waals surface area contributed by atoms with Crippen molar-refractivity contribution in [1.82, 2.24) is 10.1 Å². The van der Waals surface area contributed by atoms with Crippen LogP contribution in [0.15, 0.2) is 47.0 Å². The summed E-state index contributed by atoms with van der Waals surface area (Å²) in [7, 11) is 0. The molecule has 1 heterocycles. The maximum absolute atomic E-state index is 12.5. The molecule has 0 bridgehead atoms. The van der Waals surface area contributed by atoms with E-state index in [0.717, 1.165) is 16.8 Å². The number of aromatic nitrogens is 2. The number of carbonyl (C=O) groups is 1. The Kier molecular flexibility index (Phi) is 4.42. The number of carbonyl (C=O) groups excluding carboxylic acids is 1. The highest BCUT2D eigenvalue weighted by Crippen LogP contribution is 2.20. The van der Waals surface area contributed by atoms with Gasteiger partial charge in [-0.3, -0.25) is 4.79 Å². The van der Waals surface area contributed by atoms with Gasteiger partial charge in [0.2, 0.25) is 5.89 Å². The van der Waals surface area contributed by atoms with E-state index in [1.807, 2.05) is 56.3 Å². The van der Waals surface area contributed by atoms with E-state index in [0.29, 0.717) is 23.7 Å². The van der Waals surface area contributed by atoms with E-state index >= 15 is 0 Å². The Morgan fingerprint density at radius 1 is 1.08 bits per heavy atom. The lowest BCUT2D eigenvalue weighted by Gasteiger charge is -2.11. The summed E-state index contributed by atoms with van der Waals surface area (Å²) < 4.78 is 5.17. The van der Waals surface area contributed by atoms with Crippen molar-refractivity contribution < 1.29 is 9.32 Å². The average molecular weight is 321 g/mol. The average Bonchev–Trinajstić information content (AvgIpc) is 2.97. The third-order valence-electron chi connectivity index (χ3n) is 3.95. The minimum atomic E-state index is -0.132. The molecule has 0 aliphatic heterocycles. The molecule has 0 aliphatic rings. The molecule has 1 N–H and O–H groups in total. The second kappa shape index (κ2) is 6.66. The maximum Gasteiger partial charge on any atom is 0.255 e. The normalized spacial score (nSPS) is 10.6. The zero-order valence-corrected chi connectivity index (χ0v) is 14.0. The molecule has 1 amide bonds. The summed E-state index contributed by atoms with van der Waals surface area (Å²) in [6, 6.07) is 13.3. The first kappa shape index (κ1) is 15.9. The van der Waals surface area contributed by atoms with Crippen molar-refractivity contribution in [2.45, 2.75) is 27.2 Å². The molecule has 0 aliphatic carbocycles. The molecule has 122 valence electrons. The Morgan fingerprint density at radius 2 is 1.88 bits per heavy atom. The van der Waals surface area contributed by atoms with Crippen LogP contribution in [-0.2, 0) is 6.42 Å². The van der Waals surface area contributed by atoms with Crippen LogP contribution in [0.3, 0.4) is 0 Å². The van der Waals surface area contributed by atoms with Crippen molar-refractivity contribution in [3.63, 3.8) is 0 Å². The fraction of sp³-hybridized carbons (Fsp3) is 0.211. The summed E-state index contributed by atoms with van der Waals surface area (Å²) in [4.78, 5) is 16.7. The molecule has 0 atom stereocenters. The number of hydrogen-bond donors (Lipinski definition) is 1. The van der Waals surface area contributed by atoms with Crippen LogP contribution in [0.25, 0.3) is 0 Å². The number of nitrogens with zero attached hydrogens (tertiary/aromatic N) is 2. The zero-order chi connectivity index (χ0) is 17.1. The van der Waals surface area contributed by atoms with E-state index in [1.54, 1.807) is 6.92 Å². The molecule has 5 heteroatoms. The van der Waals surface area contributed by atoms with Gasteiger partial charge in [-0.25, -0.2) is 0 Å². The van der Waals surface area contributed by atoms with E-state index in [-0.39, 0.29) is 5.91 Å². The molecule has 3 rings (SSSR count). The predicted octanol–water partition coefficient (Wildman–Crippen LogP) is 3.84. The molecule has 0 radical (unpaired) electrons. The Morgan fingerprint density at radius 3 is 2.58 bits per heavy atom. The fourth-order valence-electron chi connectivity index (χ4n) is 2.45. The molecule has 0 unspecified atom stereocenters. The highest BCUT2D eigenvalue weighted by molar-refractivity contribution is 6.04. The molecule has 0 fully saturated rings. The lowest BCUT2D eigenvalue weighted by molar-refractivity contribution is 0.102. The summed E-state index contributed by atoms with van der Waals surface area (Å²) in [6.45, 7) is 5.80. The van der Waals surface area contributed by atoms with Crippen LogP contribution in [0.2, 0.25) is 0 Å². The van der Waals surface area contributed by atoms with Crippen molar-refractivity contribution in [2.24, 2.45) is 0 Å². The Hall–Kier alpha value is -2.95. The first-order valence-electron chi connectivity index (χ1n) is 7.78. The van der Waals surface area contributed by atoms with Crippen molar-refractivity contribution in [3.8, 4) is 0 Å². The molecule has 2 aromatic carbocycles. The van der Waals surface area contributed by atoms with Crippen LogP contribution in [0.5, 0.6) is 0 Å². The number of nitrogens with one attached hydrogen (secondary N) is 1. The van der Waals surface area contributed by atoms with Gasteiger partial charge < -0.3 is 9.84 Å². The molecular formula is C19H19N3O2. The van der Waals surface area contributed by atoms with Gasteiger partial charge in [-0.2, -0.15) is 4.98 Å². The third-order valence-corrected chi connectivity index (χ3v) is 3.95. The number of anilines is 1. The van der Waals surface area contributed by atoms with E-state index < -0.39 is 0 Å². The summed E-state index contributed by atoms with van der Waals surface area (Å²) in [6.07, 6.45) is 0.476. The van der Waals surface area contributed by atoms with Gasteiger partial charge in [0.25, 0.3) is 5.91 Å². The molecule has 0 saturated heterocycles. The quantitative estimate of drug-likeness (QED) is 0.793. The minimum absolute atomic E-state index is 0.132. The highest BCUT2D eigenvalue weighted by Gasteiger charge is 2.12. The molecule has 0 saturated carbocycles. The number of rotatable bonds is 4. The fourth-order valence-corrected chi connectivity index (χ4v) is 2.45. The molecule has 3 aromatic rings. The smallest absolute Gasteiger partial charge is 0.255 e. The monoisotopic (exact) mass is 321 g/mol. The first-order valence-corrected chi connectivity index (χ1v) is 7.78. The maximum atomic E-state index is 12.5. The summed E-state index contributed by atoms with van der Waals surface area (Å²) in [5.41, 5.74) is 4.58. The number of hydrogen-bond acceptors (Lipinski definition) is 4. The van der Waals surface area contributed by atoms with Crippen LogP contribution in [0.1, 0.15) is 38.8 Å². The van der Waals surface area contributed by atoms with Crippen LogP contribution in [0.4, 0.5) is 5.69 Å². The SMILES string of the molecule is Cc1noc(Cc2ccccc2NC(=O)c2ccc(C)c(C)c2)n1. The third kappa shape index (κ3) is 3.51. The van der Waals surface area contributed by atoms with Gasteiger partial charge in [-0.1, -0.05) is 29.4 Å². The van der Waals surface area contributed by atoms with Gasteiger partial charge in [0.15, 0.2) is 5.82 Å². The number of amides is 1. The van der Waals surface area contributed by atoms with E-state index in [4.69, 9.17) is 4.52 Å². The largest absolute Gasteiger partial charge is 0.339 e. The van der Waals surface area contributed by atoms with E-state index in [9.17, 15) is 4.79 Å². The number of aryl methyl sites for hydroxylation is 3. The van der Waals surface area contributed by atoms with Crippen LogP contribution < -0.4 is 5.32 Å². The summed E-state index contributed by atoms with van der Waals surface area (Å²) >= 11 is 0. The summed E-state index contributed by atoms with van der Waals surface area (Å²) in [5.74, 6) is 0.995. The molecule has 5 nitrogen and oxygen atoms in total. The number of para-hydroxylation sites is 1. The summed E-state index contributed by atoms with van der Waals surface area (Å²) in [5, 5.41) is 6.77. The van der Waals surface area contributed by atoms with Crippen molar-refractivity contribution in [1.29, 1.82) is 0 Å². The van der Waals surface area contributed by atoms with Gasteiger partial charge in [0, 0.05) is 11.3 Å². The van der Waals surface area contributed by atoms with E-state index in [2.05, 4.69) is 15.5 Å². The predicted molar refractivity (Wildman–Crippen MR) is 92.2 cm³/mol. The van der Waals surface area contributed by atoms with E-state index in [1.165, 1.54) is 5.56 Å². The van der Waals surface area contributed by atoms with Crippen molar-refractivity contribution >= 4 is 11.6 Å². The van der Waals surface area contributed by atoms with Crippen molar-refractivity contribution in [2.75, 3.05) is 5.32 Å². The Labute approximate surface area is 140 Å². The van der Waals surface area contributed by atoms with Crippen LogP contribution in [0, 0.1) is 20.8 Å². The standard InChI is InChI=1S/C19H19N3O2/c1-12-8-9-16(10-13(12)2)19(23)21-17-7-5-4-6-15(17)11-18-20-14(3)22-24-18/h4-10H,11H2,1-3H3,(H,21,23). The first-order chi connectivity index (χ1) is 11.5. The molecule has 0 spiro atoms. The zero-order valence-electron chi connectivity index (χ0n) is 14.0. The minimum Gasteiger partial charge on any atom is -0.339 e. The van der Waals surface area contributed by atoms with Crippen LogP contribution >= 0.6 is 0 Å². The van der Waals surface area contributed by atoms with Crippen LogP contribution in [-0.4, -0.2) is 16.0 Å². The highest BCUT2D eigenvalue weighted by atomic mass is 16.5. The van der Waals surface area contributed by atoms with Gasteiger partial charge in [0.1, 0.15) is 0 Å². The Balaban J connectivity index is 1.82. The van der Waals surface area contributed by atoms with Gasteiger partial charge in [-0.15, -0.1) is 0 Å².